The van der Waals surface area contributed by atoms with E-state index >= 15 is 0 Å². The van der Waals surface area contributed by atoms with E-state index in [1.807, 2.05) is 0 Å². The monoisotopic (exact) mass is 305 g/mol. The molecule has 1 aliphatic heterocycles. The summed E-state index contributed by atoms with van der Waals surface area (Å²) in [6.45, 7) is 4.86. The molecule has 4 rings (SSSR count). The molecule has 2 aromatic rings. The Labute approximate surface area is 140 Å². The summed E-state index contributed by atoms with van der Waals surface area (Å²) < 4.78 is 0. The molecule has 1 heterocycles. The van der Waals surface area contributed by atoms with Crippen molar-refractivity contribution in [2.24, 2.45) is 0 Å². The van der Waals surface area contributed by atoms with Gasteiger partial charge in [-0.05, 0) is 79.4 Å². The number of rotatable bonds is 3. The lowest BCUT2D eigenvalue weighted by Gasteiger charge is -2.32. The molecule has 0 bridgehead atoms. The molecule has 1 saturated heterocycles. The number of aryl methyl sites for hydroxylation is 2. The summed E-state index contributed by atoms with van der Waals surface area (Å²) in [7, 11) is 0. The van der Waals surface area contributed by atoms with Crippen LogP contribution in [0.25, 0.3) is 11.1 Å². The first-order valence-corrected chi connectivity index (χ1v) is 9.28. The molecule has 0 spiro atoms. The van der Waals surface area contributed by atoms with Crippen molar-refractivity contribution in [3.8, 4) is 11.1 Å². The Kier molecular flexibility index (Phi) is 4.22. The second-order valence-corrected chi connectivity index (χ2v) is 7.17. The Morgan fingerprint density at radius 1 is 0.913 bits per heavy atom. The maximum absolute atomic E-state index is 2.72. The highest BCUT2D eigenvalue weighted by molar-refractivity contribution is 5.65. The first kappa shape index (κ1) is 15.0. The Morgan fingerprint density at radius 3 is 2.39 bits per heavy atom. The number of nitrogens with zero attached hydrogens (tertiary/aromatic N) is 1. The highest BCUT2D eigenvalue weighted by Crippen LogP contribution is 2.30. The third-order valence-electron chi connectivity index (χ3n) is 5.76. The van der Waals surface area contributed by atoms with E-state index in [0.29, 0.717) is 0 Å². The lowest BCUT2D eigenvalue weighted by atomic mass is 9.85. The van der Waals surface area contributed by atoms with E-state index < -0.39 is 0 Å². The average molecular weight is 305 g/mol. The van der Waals surface area contributed by atoms with Gasteiger partial charge in [0, 0.05) is 6.04 Å². The van der Waals surface area contributed by atoms with Crippen molar-refractivity contribution in [1.29, 1.82) is 0 Å². The van der Waals surface area contributed by atoms with E-state index in [9.17, 15) is 0 Å². The molecule has 0 radical (unpaired) electrons. The zero-order valence-electron chi connectivity index (χ0n) is 14.2. The predicted molar refractivity (Wildman–Crippen MR) is 97.9 cm³/mol. The maximum Gasteiger partial charge on any atom is 0.0139 e. The minimum Gasteiger partial charge on any atom is -0.300 e. The van der Waals surface area contributed by atoms with E-state index in [4.69, 9.17) is 0 Å². The number of likely N-dealkylation sites (tertiary alicyclic amines) is 1. The van der Waals surface area contributed by atoms with E-state index in [-0.39, 0.29) is 0 Å². The smallest absolute Gasteiger partial charge is 0.0139 e. The molecule has 1 unspecified atom stereocenters. The lowest BCUT2D eigenvalue weighted by Crippen LogP contribution is -2.37. The van der Waals surface area contributed by atoms with Gasteiger partial charge in [-0.3, -0.25) is 0 Å². The Morgan fingerprint density at radius 2 is 1.65 bits per heavy atom. The first-order valence-electron chi connectivity index (χ1n) is 9.28. The largest absolute Gasteiger partial charge is 0.300 e. The zero-order chi connectivity index (χ0) is 15.6. The molecule has 1 fully saturated rings. The molecule has 2 aromatic carbocycles. The van der Waals surface area contributed by atoms with Gasteiger partial charge in [0.05, 0.1) is 0 Å². The minimum absolute atomic E-state index is 0.791. The van der Waals surface area contributed by atoms with Crippen LogP contribution in [-0.2, 0) is 19.3 Å². The van der Waals surface area contributed by atoms with Crippen molar-refractivity contribution in [1.82, 2.24) is 4.90 Å². The molecule has 2 aliphatic rings. The van der Waals surface area contributed by atoms with E-state index in [1.165, 1.54) is 61.9 Å². The SMILES string of the molecule is CCc1ccc(-c2ccc3c(c2)CCC(N2CCCC2)C3)cc1. The molecule has 0 aromatic heterocycles. The highest BCUT2D eigenvalue weighted by atomic mass is 15.2. The minimum atomic E-state index is 0.791. The van der Waals surface area contributed by atoms with Crippen LogP contribution in [0.15, 0.2) is 42.5 Å². The Balaban J connectivity index is 1.54. The van der Waals surface area contributed by atoms with Gasteiger partial charge < -0.3 is 4.90 Å². The van der Waals surface area contributed by atoms with Crippen LogP contribution in [0.3, 0.4) is 0 Å². The number of fused-ring (bicyclic) bond motifs is 1. The molecule has 0 N–H and O–H groups in total. The van der Waals surface area contributed by atoms with Gasteiger partial charge in [0.2, 0.25) is 0 Å². The summed E-state index contributed by atoms with van der Waals surface area (Å²) in [5.41, 5.74) is 7.32. The summed E-state index contributed by atoms with van der Waals surface area (Å²) >= 11 is 0. The zero-order valence-corrected chi connectivity index (χ0v) is 14.2. The molecule has 120 valence electrons. The van der Waals surface area contributed by atoms with Crippen molar-refractivity contribution in [2.75, 3.05) is 13.1 Å². The predicted octanol–water partition coefficient (Wildman–Crippen LogP) is 4.87. The van der Waals surface area contributed by atoms with Crippen molar-refractivity contribution < 1.29 is 0 Å². The molecule has 1 heteroatoms. The fourth-order valence-corrected chi connectivity index (χ4v) is 4.27. The van der Waals surface area contributed by atoms with Gasteiger partial charge in [0.15, 0.2) is 0 Å². The second-order valence-electron chi connectivity index (χ2n) is 7.17. The van der Waals surface area contributed by atoms with Gasteiger partial charge in [-0.15, -0.1) is 0 Å². The average Bonchev–Trinajstić information content (AvgIpc) is 3.15. The van der Waals surface area contributed by atoms with Gasteiger partial charge >= 0.3 is 0 Å². The topological polar surface area (TPSA) is 3.24 Å². The fourth-order valence-electron chi connectivity index (χ4n) is 4.27. The van der Waals surface area contributed by atoms with Crippen molar-refractivity contribution in [3.63, 3.8) is 0 Å². The quantitative estimate of drug-likeness (QED) is 0.782. The summed E-state index contributed by atoms with van der Waals surface area (Å²) in [4.78, 5) is 2.72. The van der Waals surface area contributed by atoms with Crippen LogP contribution in [0.2, 0.25) is 0 Å². The van der Waals surface area contributed by atoms with E-state index in [1.54, 1.807) is 11.1 Å². The van der Waals surface area contributed by atoms with Crippen LogP contribution >= 0.6 is 0 Å². The van der Waals surface area contributed by atoms with Crippen LogP contribution in [-0.4, -0.2) is 24.0 Å². The molecule has 1 aliphatic carbocycles. The third kappa shape index (κ3) is 3.07. The van der Waals surface area contributed by atoms with Gasteiger partial charge in [-0.1, -0.05) is 49.4 Å². The van der Waals surface area contributed by atoms with Crippen LogP contribution in [0.1, 0.15) is 42.9 Å². The van der Waals surface area contributed by atoms with Gasteiger partial charge in [-0.25, -0.2) is 0 Å². The first-order chi connectivity index (χ1) is 11.3. The van der Waals surface area contributed by atoms with Crippen molar-refractivity contribution >= 4 is 0 Å². The van der Waals surface area contributed by atoms with Gasteiger partial charge in [0.25, 0.3) is 0 Å². The van der Waals surface area contributed by atoms with Crippen LogP contribution in [0.4, 0.5) is 0 Å². The fraction of sp³-hybridized carbons (Fsp3) is 0.455. The standard InChI is InChI=1S/C22H27N/c1-2-17-5-7-18(8-6-17)19-9-10-21-16-22(12-11-20(21)15-19)23-13-3-4-14-23/h5-10,15,22H,2-4,11-14,16H2,1H3. The van der Waals surface area contributed by atoms with E-state index in [2.05, 4.69) is 54.3 Å². The highest BCUT2D eigenvalue weighted by Gasteiger charge is 2.26. The molecular formula is C22H27N. The summed E-state index contributed by atoms with van der Waals surface area (Å²) in [5, 5.41) is 0. The maximum atomic E-state index is 2.72. The van der Waals surface area contributed by atoms with Crippen LogP contribution < -0.4 is 0 Å². The normalized spacial score (nSPS) is 21.3. The Hall–Kier alpha value is -1.60. The summed E-state index contributed by atoms with van der Waals surface area (Å²) in [6.07, 6.45) is 7.75. The lowest BCUT2D eigenvalue weighted by molar-refractivity contribution is 0.222. The molecule has 0 amide bonds. The summed E-state index contributed by atoms with van der Waals surface area (Å²) in [5.74, 6) is 0. The van der Waals surface area contributed by atoms with E-state index in [0.717, 1.165) is 12.5 Å². The summed E-state index contributed by atoms with van der Waals surface area (Å²) in [6, 6.07) is 17.0. The molecule has 1 atom stereocenters. The van der Waals surface area contributed by atoms with Crippen molar-refractivity contribution in [3.05, 3.63) is 59.2 Å². The number of hydrogen-bond acceptors (Lipinski definition) is 1. The van der Waals surface area contributed by atoms with Gasteiger partial charge in [0.1, 0.15) is 0 Å². The van der Waals surface area contributed by atoms with Crippen molar-refractivity contribution in [2.45, 2.75) is 51.5 Å². The van der Waals surface area contributed by atoms with Crippen LogP contribution in [0.5, 0.6) is 0 Å². The Bertz CT molecular complexity index is 665. The molecule has 23 heavy (non-hydrogen) atoms. The second kappa shape index (κ2) is 6.49. The molecule has 1 nitrogen and oxygen atoms in total. The number of benzene rings is 2. The molecular weight excluding hydrogens is 278 g/mol. The van der Waals surface area contributed by atoms with Gasteiger partial charge in [-0.2, -0.15) is 0 Å². The van der Waals surface area contributed by atoms with Crippen LogP contribution in [0, 0.1) is 0 Å². The third-order valence-corrected chi connectivity index (χ3v) is 5.76. The molecule has 0 saturated carbocycles. The number of hydrogen-bond donors (Lipinski definition) is 0.